The summed E-state index contributed by atoms with van der Waals surface area (Å²) in [5.74, 6) is 0.601. The topological polar surface area (TPSA) is 29.5 Å². The average Bonchev–Trinajstić information content (AvgIpc) is 2.48. The lowest BCUT2D eigenvalue weighted by atomic mass is 9.87. The Morgan fingerprint density at radius 2 is 1.65 bits per heavy atom. The van der Waals surface area contributed by atoms with Gasteiger partial charge in [0.25, 0.3) is 0 Å². The largest absolute Gasteiger partial charge is 0.444 e. The van der Waals surface area contributed by atoms with Crippen molar-refractivity contribution in [1.82, 2.24) is 4.90 Å². The van der Waals surface area contributed by atoms with Crippen LogP contribution in [0.4, 0.5) is 4.79 Å². The monoisotopic (exact) mass is 323 g/mol. The Kier molecular flexibility index (Phi) is 9.94. The van der Waals surface area contributed by atoms with Gasteiger partial charge in [-0.25, -0.2) is 4.79 Å². The summed E-state index contributed by atoms with van der Waals surface area (Å²) in [5.41, 5.74) is 2.42. The second-order valence-corrected chi connectivity index (χ2v) is 7.08. The van der Waals surface area contributed by atoms with Gasteiger partial charge in [0, 0.05) is 13.1 Å². The molecular formula is C20H37NO2. The Labute approximate surface area is 143 Å². The third-order valence-electron chi connectivity index (χ3n) is 3.71. The van der Waals surface area contributed by atoms with Crippen molar-refractivity contribution in [3.63, 3.8) is 0 Å². The van der Waals surface area contributed by atoms with Crippen LogP contribution in [0.15, 0.2) is 23.3 Å². The Balaban J connectivity index is 0.00000232. The number of amides is 1. The number of allylic oxidation sites excluding steroid dienone is 4. The molecule has 0 saturated carbocycles. The normalized spacial score (nSPS) is 16.3. The summed E-state index contributed by atoms with van der Waals surface area (Å²) in [6.45, 7) is 17.8. The fourth-order valence-corrected chi connectivity index (χ4v) is 2.58. The first-order chi connectivity index (χ1) is 10.7. The van der Waals surface area contributed by atoms with Crippen molar-refractivity contribution in [2.75, 3.05) is 13.1 Å². The number of carbonyl (C=O) groups is 1. The standard InChI is InChI=1S/C18H31NO2.C2H6/c1-7-15(9-8-14(2)3)16-10-12-19(13-11-16)17(20)21-18(4,5)6;1-2/h8-9,16H,7,10-13H2,1-6H3;1-2H3/b15-9+;. The van der Waals surface area contributed by atoms with Gasteiger partial charge in [-0.3, -0.25) is 0 Å². The molecule has 0 aliphatic carbocycles. The second-order valence-electron chi connectivity index (χ2n) is 7.08. The van der Waals surface area contributed by atoms with Crippen LogP contribution in [0.25, 0.3) is 0 Å². The minimum absolute atomic E-state index is 0.174. The molecule has 0 atom stereocenters. The lowest BCUT2D eigenvalue weighted by molar-refractivity contribution is 0.0194. The molecule has 0 aromatic rings. The number of carbonyl (C=O) groups excluding carboxylic acids is 1. The van der Waals surface area contributed by atoms with Crippen molar-refractivity contribution in [1.29, 1.82) is 0 Å². The molecule has 134 valence electrons. The molecule has 3 nitrogen and oxygen atoms in total. The summed E-state index contributed by atoms with van der Waals surface area (Å²) in [6, 6.07) is 0. The third kappa shape index (κ3) is 8.83. The average molecular weight is 324 g/mol. The van der Waals surface area contributed by atoms with E-state index >= 15 is 0 Å². The summed E-state index contributed by atoms with van der Waals surface area (Å²) in [6.07, 6.45) is 7.45. The maximum absolute atomic E-state index is 12.1. The summed E-state index contributed by atoms with van der Waals surface area (Å²) in [7, 11) is 0. The molecular weight excluding hydrogens is 286 g/mol. The predicted molar refractivity (Wildman–Crippen MR) is 99.7 cm³/mol. The molecule has 1 rings (SSSR count). The highest BCUT2D eigenvalue weighted by atomic mass is 16.6. The molecule has 3 heteroatoms. The Morgan fingerprint density at radius 3 is 2.04 bits per heavy atom. The highest BCUT2D eigenvalue weighted by Crippen LogP contribution is 2.27. The van der Waals surface area contributed by atoms with Crippen LogP contribution < -0.4 is 0 Å². The molecule has 0 bridgehead atoms. The van der Waals surface area contributed by atoms with Gasteiger partial charge >= 0.3 is 6.09 Å². The van der Waals surface area contributed by atoms with Crippen LogP contribution in [0.2, 0.25) is 0 Å². The van der Waals surface area contributed by atoms with E-state index in [1.165, 1.54) is 11.1 Å². The molecule has 1 saturated heterocycles. The molecule has 0 N–H and O–H groups in total. The number of piperidine rings is 1. The van der Waals surface area contributed by atoms with Crippen molar-refractivity contribution in [3.8, 4) is 0 Å². The zero-order valence-corrected chi connectivity index (χ0v) is 16.5. The molecule has 1 amide bonds. The highest BCUT2D eigenvalue weighted by molar-refractivity contribution is 5.68. The number of hydrogen-bond donors (Lipinski definition) is 0. The van der Waals surface area contributed by atoms with E-state index in [2.05, 4.69) is 32.9 Å². The molecule has 1 fully saturated rings. The van der Waals surface area contributed by atoms with Crippen LogP contribution in [-0.4, -0.2) is 29.7 Å². The van der Waals surface area contributed by atoms with Gasteiger partial charge in [0.2, 0.25) is 0 Å². The van der Waals surface area contributed by atoms with E-state index in [-0.39, 0.29) is 6.09 Å². The first kappa shape index (κ1) is 21.8. The van der Waals surface area contributed by atoms with Crippen LogP contribution >= 0.6 is 0 Å². The van der Waals surface area contributed by atoms with E-state index in [0.29, 0.717) is 5.92 Å². The van der Waals surface area contributed by atoms with Crippen LogP contribution in [0, 0.1) is 5.92 Å². The van der Waals surface area contributed by atoms with Crippen molar-refractivity contribution in [2.45, 2.75) is 80.3 Å². The quantitative estimate of drug-likeness (QED) is 0.599. The minimum atomic E-state index is -0.411. The predicted octanol–water partition coefficient (Wildman–Crippen LogP) is 5.96. The lowest BCUT2D eigenvalue weighted by Crippen LogP contribution is -2.42. The van der Waals surface area contributed by atoms with Gasteiger partial charge in [0.05, 0.1) is 0 Å². The number of nitrogens with zero attached hydrogens (tertiary/aromatic N) is 1. The van der Waals surface area contributed by atoms with Crippen LogP contribution in [0.5, 0.6) is 0 Å². The molecule has 0 spiro atoms. The van der Waals surface area contributed by atoms with Gasteiger partial charge < -0.3 is 9.64 Å². The van der Waals surface area contributed by atoms with Gasteiger partial charge in [-0.2, -0.15) is 0 Å². The van der Waals surface area contributed by atoms with Gasteiger partial charge in [-0.05, 0) is 59.8 Å². The number of ether oxygens (including phenoxy) is 1. The van der Waals surface area contributed by atoms with E-state index in [9.17, 15) is 4.79 Å². The number of rotatable bonds is 3. The van der Waals surface area contributed by atoms with Crippen molar-refractivity contribution in [2.24, 2.45) is 5.92 Å². The number of likely N-dealkylation sites (tertiary alicyclic amines) is 1. The van der Waals surface area contributed by atoms with Crippen molar-refractivity contribution >= 4 is 6.09 Å². The van der Waals surface area contributed by atoms with Crippen LogP contribution in [0.3, 0.4) is 0 Å². The smallest absolute Gasteiger partial charge is 0.410 e. The zero-order valence-electron chi connectivity index (χ0n) is 16.5. The van der Waals surface area contributed by atoms with Crippen LogP contribution in [0.1, 0.15) is 74.7 Å². The second kappa shape index (κ2) is 10.5. The van der Waals surface area contributed by atoms with Crippen molar-refractivity contribution < 1.29 is 9.53 Å². The Hall–Kier alpha value is -1.25. The van der Waals surface area contributed by atoms with Gasteiger partial charge in [-0.15, -0.1) is 0 Å². The molecule has 1 heterocycles. The van der Waals surface area contributed by atoms with Gasteiger partial charge in [0.15, 0.2) is 0 Å². The molecule has 0 radical (unpaired) electrons. The van der Waals surface area contributed by atoms with Gasteiger partial charge in [0.1, 0.15) is 5.60 Å². The van der Waals surface area contributed by atoms with E-state index in [1.54, 1.807) is 0 Å². The third-order valence-corrected chi connectivity index (χ3v) is 3.71. The summed E-state index contributed by atoms with van der Waals surface area (Å²) in [5, 5.41) is 0. The highest BCUT2D eigenvalue weighted by Gasteiger charge is 2.27. The molecule has 1 aliphatic heterocycles. The van der Waals surface area contributed by atoms with Gasteiger partial charge in [-0.1, -0.05) is 44.1 Å². The van der Waals surface area contributed by atoms with E-state index < -0.39 is 5.60 Å². The van der Waals surface area contributed by atoms with E-state index in [1.807, 2.05) is 39.5 Å². The Bertz CT molecular complexity index is 404. The maximum atomic E-state index is 12.1. The van der Waals surface area contributed by atoms with Crippen molar-refractivity contribution in [3.05, 3.63) is 23.3 Å². The van der Waals surface area contributed by atoms with E-state index in [4.69, 9.17) is 4.74 Å². The number of hydrogen-bond acceptors (Lipinski definition) is 2. The van der Waals surface area contributed by atoms with E-state index in [0.717, 1.165) is 32.4 Å². The summed E-state index contributed by atoms with van der Waals surface area (Å²) in [4.78, 5) is 13.9. The zero-order chi connectivity index (χ0) is 18.0. The summed E-state index contributed by atoms with van der Waals surface area (Å²) < 4.78 is 5.44. The molecule has 0 aromatic heterocycles. The Morgan fingerprint density at radius 1 is 1.13 bits per heavy atom. The first-order valence-corrected chi connectivity index (χ1v) is 9.04. The fraction of sp³-hybridized carbons (Fsp3) is 0.750. The molecule has 0 aromatic carbocycles. The molecule has 1 aliphatic rings. The SMILES string of the molecule is CC.CC/C(=C\C=C(C)C)C1CCN(C(=O)OC(C)(C)C)CC1. The minimum Gasteiger partial charge on any atom is -0.444 e. The molecule has 23 heavy (non-hydrogen) atoms. The fourth-order valence-electron chi connectivity index (χ4n) is 2.58. The lowest BCUT2D eigenvalue weighted by Gasteiger charge is -2.34. The summed E-state index contributed by atoms with van der Waals surface area (Å²) >= 11 is 0. The molecule has 0 unspecified atom stereocenters. The maximum Gasteiger partial charge on any atom is 0.410 e. The first-order valence-electron chi connectivity index (χ1n) is 9.04. The van der Waals surface area contributed by atoms with Crippen LogP contribution in [-0.2, 0) is 4.74 Å².